The third-order valence-corrected chi connectivity index (χ3v) is 3.75. The lowest BCUT2D eigenvalue weighted by atomic mass is 10.3. The molecule has 0 atom stereocenters. The van der Waals surface area contributed by atoms with Gasteiger partial charge in [0.25, 0.3) is 0 Å². The van der Waals surface area contributed by atoms with E-state index in [1.54, 1.807) is 11.9 Å². The van der Waals surface area contributed by atoms with E-state index in [-0.39, 0.29) is 6.54 Å². The Kier molecular flexibility index (Phi) is 3.47. The molecule has 0 saturated heterocycles. The monoisotopic (exact) mass is 307 g/mol. The zero-order valence-corrected chi connectivity index (χ0v) is 12.4. The number of alkyl halides is 3. The number of fused-ring (bicyclic) bond motifs is 3. The van der Waals surface area contributed by atoms with Crippen molar-refractivity contribution in [2.75, 3.05) is 18.5 Å². The minimum absolute atomic E-state index is 0.116. The minimum Gasteiger partial charge on any atom is -0.358 e. The number of nitrogens with zero attached hydrogens (tertiary/aromatic N) is 3. The van der Waals surface area contributed by atoms with Gasteiger partial charge < -0.3 is 9.30 Å². The highest BCUT2D eigenvalue weighted by Gasteiger charge is 2.27. The topological polar surface area (TPSA) is 20.5 Å². The Bertz CT molecular complexity index is 820. The summed E-state index contributed by atoms with van der Waals surface area (Å²) in [6.07, 6.45) is -5.02. The van der Waals surface area contributed by atoms with Gasteiger partial charge in [-0.05, 0) is 31.2 Å². The Morgan fingerprint density at radius 1 is 1.09 bits per heavy atom. The summed E-state index contributed by atoms with van der Waals surface area (Å²) in [6, 6.07) is 11.5. The van der Waals surface area contributed by atoms with Gasteiger partial charge in [-0.3, -0.25) is 0 Å². The molecule has 0 aliphatic heterocycles. The average Bonchev–Trinajstić information content (AvgIpc) is 2.86. The number of para-hydroxylation sites is 2. The highest BCUT2D eigenvalue weighted by Crippen LogP contribution is 2.28. The number of rotatable bonds is 3. The Labute approximate surface area is 126 Å². The van der Waals surface area contributed by atoms with E-state index in [1.165, 1.54) is 0 Å². The zero-order valence-electron chi connectivity index (χ0n) is 12.4. The van der Waals surface area contributed by atoms with E-state index >= 15 is 0 Å². The summed E-state index contributed by atoms with van der Waals surface area (Å²) in [4.78, 5) is 6.12. The molecule has 2 heterocycles. The molecule has 0 unspecified atom stereocenters. The normalized spacial score (nSPS) is 12.2. The third kappa shape index (κ3) is 2.61. The lowest BCUT2D eigenvalue weighted by Crippen LogP contribution is -2.25. The summed E-state index contributed by atoms with van der Waals surface area (Å²) in [5, 5.41) is 0. The summed E-state index contributed by atoms with van der Waals surface area (Å²) >= 11 is 0. The van der Waals surface area contributed by atoms with Crippen LogP contribution in [0.2, 0.25) is 0 Å². The predicted molar refractivity (Wildman–Crippen MR) is 81.4 cm³/mol. The quantitative estimate of drug-likeness (QED) is 0.723. The maximum atomic E-state index is 12.5. The van der Waals surface area contributed by atoms with Crippen LogP contribution in [0.4, 0.5) is 19.0 Å². The molecule has 0 saturated carbocycles. The predicted octanol–water partition coefficient (Wildman–Crippen LogP) is 4.18. The maximum absolute atomic E-state index is 12.5. The molecule has 3 aromatic rings. The van der Waals surface area contributed by atoms with Crippen LogP contribution in [0.1, 0.15) is 12.1 Å². The van der Waals surface area contributed by atoms with Gasteiger partial charge in [0.15, 0.2) is 5.82 Å². The van der Waals surface area contributed by atoms with Crippen LogP contribution in [0, 0.1) is 6.92 Å². The van der Waals surface area contributed by atoms with Gasteiger partial charge in [0.1, 0.15) is 0 Å². The van der Waals surface area contributed by atoms with E-state index in [1.807, 2.05) is 47.7 Å². The largest absolute Gasteiger partial charge is 0.390 e. The van der Waals surface area contributed by atoms with E-state index in [0.29, 0.717) is 5.82 Å². The first-order chi connectivity index (χ1) is 10.4. The fourth-order valence-corrected chi connectivity index (χ4v) is 2.63. The molecule has 0 N–H and O–H groups in total. The standard InChI is InChI=1S/C16H16F3N3/c1-11-7-8-14-15(21(2)10-9-16(17,18)19)20-12-5-3-4-6-13(12)22(11)14/h3-8H,9-10H2,1-2H3. The van der Waals surface area contributed by atoms with Gasteiger partial charge in [0.2, 0.25) is 0 Å². The molecular formula is C16H16F3N3. The molecule has 3 nitrogen and oxygen atoms in total. The molecule has 116 valence electrons. The molecule has 3 rings (SSSR count). The summed E-state index contributed by atoms with van der Waals surface area (Å²) < 4.78 is 39.4. The van der Waals surface area contributed by atoms with Crippen LogP contribution in [0.15, 0.2) is 36.4 Å². The Morgan fingerprint density at radius 3 is 2.55 bits per heavy atom. The second-order valence-electron chi connectivity index (χ2n) is 5.41. The fourth-order valence-electron chi connectivity index (χ4n) is 2.63. The van der Waals surface area contributed by atoms with Gasteiger partial charge in [-0.25, -0.2) is 4.98 Å². The molecule has 6 heteroatoms. The molecule has 0 aliphatic carbocycles. The van der Waals surface area contributed by atoms with Crippen molar-refractivity contribution in [3.05, 3.63) is 42.1 Å². The smallest absolute Gasteiger partial charge is 0.358 e. The number of anilines is 1. The van der Waals surface area contributed by atoms with E-state index in [4.69, 9.17) is 0 Å². The van der Waals surface area contributed by atoms with Crippen molar-refractivity contribution >= 4 is 22.4 Å². The summed E-state index contributed by atoms with van der Waals surface area (Å²) in [6.45, 7) is 1.85. The van der Waals surface area contributed by atoms with E-state index < -0.39 is 12.6 Å². The number of halogens is 3. The summed E-state index contributed by atoms with van der Waals surface area (Å²) in [5.74, 6) is 0.566. The van der Waals surface area contributed by atoms with E-state index in [0.717, 1.165) is 22.2 Å². The van der Waals surface area contributed by atoms with Gasteiger partial charge in [-0.1, -0.05) is 12.1 Å². The van der Waals surface area contributed by atoms with Crippen molar-refractivity contribution in [3.8, 4) is 0 Å². The molecule has 0 aliphatic rings. The van der Waals surface area contributed by atoms with Crippen LogP contribution in [0.5, 0.6) is 0 Å². The van der Waals surface area contributed by atoms with Crippen molar-refractivity contribution in [2.45, 2.75) is 19.5 Å². The molecule has 0 bridgehead atoms. The summed E-state index contributed by atoms with van der Waals surface area (Å²) in [5.41, 5.74) is 3.57. The molecular weight excluding hydrogens is 291 g/mol. The number of aromatic nitrogens is 2. The number of hydrogen-bond donors (Lipinski definition) is 0. The van der Waals surface area contributed by atoms with Crippen LogP contribution < -0.4 is 4.90 Å². The highest BCUT2D eigenvalue weighted by molar-refractivity contribution is 5.85. The average molecular weight is 307 g/mol. The lowest BCUT2D eigenvalue weighted by molar-refractivity contribution is -0.132. The Morgan fingerprint density at radius 2 is 1.82 bits per heavy atom. The van der Waals surface area contributed by atoms with Gasteiger partial charge in [-0.2, -0.15) is 13.2 Å². The van der Waals surface area contributed by atoms with Gasteiger partial charge in [-0.15, -0.1) is 0 Å². The molecule has 22 heavy (non-hydrogen) atoms. The second kappa shape index (κ2) is 5.19. The van der Waals surface area contributed by atoms with Gasteiger partial charge in [0, 0.05) is 19.3 Å². The van der Waals surface area contributed by atoms with Crippen LogP contribution in [0.25, 0.3) is 16.6 Å². The molecule has 0 spiro atoms. The lowest BCUT2D eigenvalue weighted by Gasteiger charge is -2.21. The van der Waals surface area contributed by atoms with Gasteiger partial charge in [0.05, 0.1) is 23.0 Å². The van der Waals surface area contributed by atoms with Crippen LogP contribution in [0.3, 0.4) is 0 Å². The zero-order chi connectivity index (χ0) is 15.9. The van der Waals surface area contributed by atoms with Crippen molar-refractivity contribution in [1.29, 1.82) is 0 Å². The molecule has 1 aromatic carbocycles. The molecule has 0 amide bonds. The van der Waals surface area contributed by atoms with Crippen molar-refractivity contribution in [2.24, 2.45) is 0 Å². The highest BCUT2D eigenvalue weighted by atomic mass is 19.4. The molecule has 2 aromatic heterocycles. The molecule has 0 radical (unpaired) electrons. The van der Waals surface area contributed by atoms with E-state index in [9.17, 15) is 13.2 Å². The number of benzene rings is 1. The second-order valence-corrected chi connectivity index (χ2v) is 5.41. The van der Waals surface area contributed by atoms with Crippen LogP contribution in [-0.4, -0.2) is 29.2 Å². The Hall–Kier alpha value is -2.24. The SMILES string of the molecule is Cc1ccc2c(N(C)CCC(F)(F)F)nc3ccccc3n12. The van der Waals surface area contributed by atoms with Crippen molar-refractivity contribution in [3.63, 3.8) is 0 Å². The number of aryl methyl sites for hydroxylation is 1. The maximum Gasteiger partial charge on any atom is 0.390 e. The van der Waals surface area contributed by atoms with Crippen LogP contribution >= 0.6 is 0 Å². The van der Waals surface area contributed by atoms with Crippen molar-refractivity contribution in [1.82, 2.24) is 9.38 Å². The van der Waals surface area contributed by atoms with Gasteiger partial charge >= 0.3 is 6.18 Å². The number of hydrogen-bond acceptors (Lipinski definition) is 2. The first-order valence-corrected chi connectivity index (χ1v) is 7.01. The first kappa shape index (κ1) is 14.7. The third-order valence-electron chi connectivity index (χ3n) is 3.75. The first-order valence-electron chi connectivity index (χ1n) is 7.01. The molecule has 0 fully saturated rings. The summed E-state index contributed by atoms with van der Waals surface area (Å²) in [7, 11) is 1.64. The van der Waals surface area contributed by atoms with E-state index in [2.05, 4.69) is 4.98 Å². The van der Waals surface area contributed by atoms with Crippen molar-refractivity contribution < 1.29 is 13.2 Å². The minimum atomic E-state index is -4.17. The van der Waals surface area contributed by atoms with Crippen LogP contribution in [-0.2, 0) is 0 Å². The fraction of sp³-hybridized carbons (Fsp3) is 0.312. The Balaban J connectivity index is 2.12.